The Bertz CT molecular complexity index is 279. The molecule has 0 aromatic carbocycles. The van der Waals surface area contributed by atoms with Gasteiger partial charge in [0.25, 0.3) is 0 Å². The molecule has 0 aromatic rings. The third kappa shape index (κ3) is 1.54. The van der Waals surface area contributed by atoms with E-state index in [1.807, 2.05) is 0 Å². The first-order chi connectivity index (χ1) is 6.61. The van der Waals surface area contributed by atoms with Crippen molar-refractivity contribution in [2.24, 2.45) is 5.41 Å². The molecule has 2 fully saturated rings. The standard InChI is InChI=1S/C9H14N2O3/c12-7-4-9(5-10-7)2-1-3-11(6-9)8(13)14/h1-6H2,(H,10,12)(H,13,14). The lowest BCUT2D eigenvalue weighted by atomic mass is 9.79. The molecule has 2 aliphatic rings. The Morgan fingerprint density at radius 1 is 1.57 bits per heavy atom. The maximum Gasteiger partial charge on any atom is 0.407 e. The van der Waals surface area contributed by atoms with E-state index in [0.29, 0.717) is 26.1 Å². The minimum absolute atomic E-state index is 0.0530. The minimum atomic E-state index is -0.872. The van der Waals surface area contributed by atoms with Gasteiger partial charge in [-0.1, -0.05) is 0 Å². The molecule has 2 rings (SSSR count). The van der Waals surface area contributed by atoms with E-state index < -0.39 is 6.09 Å². The normalized spacial score (nSPS) is 32.0. The van der Waals surface area contributed by atoms with Crippen LogP contribution in [0.25, 0.3) is 0 Å². The lowest BCUT2D eigenvalue weighted by Crippen LogP contribution is -2.46. The van der Waals surface area contributed by atoms with Crippen molar-refractivity contribution in [1.82, 2.24) is 10.2 Å². The number of amides is 2. The number of hydrogen-bond acceptors (Lipinski definition) is 2. The summed E-state index contributed by atoms with van der Waals surface area (Å²) in [4.78, 5) is 23.3. The predicted molar refractivity (Wildman–Crippen MR) is 48.9 cm³/mol. The number of carboxylic acid groups (broad SMARTS) is 1. The number of rotatable bonds is 0. The molecule has 2 amide bonds. The summed E-state index contributed by atoms with van der Waals surface area (Å²) in [6, 6.07) is 0. The summed E-state index contributed by atoms with van der Waals surface area (Å²) in [6.45, 7) is 1.74. The second kappa shape index (κ2) is 3.15. The van der Waals surface area contributed by atoms with Gasteiger partial charge >= 0.3 is 6.09 Å². The van der Waals surface area contributed by atoms with Crippen molar-refractivity contribution >= 4 is 12.0 Å². The van der Waals surface area contributed by atoms with Gasteiger partial charge in [-0.25, -0.2) is 4.79 Å². The molecule has 2 saturated heterocycles. The Labute approximate surface area is 82.1 Å². The Hall–Kier alpha value is -1.26. The SMILES string of the molecule is O=C1CC2(CCCN(C(=O)O)C2)CN1. The van der Waals surface area contributed by atoms with Crippen molar-refractivity contribution in [2.45, 2.75) is 19.3 Å². The van der Waals surface area contributed by atoms with Gasteiger partial charge in [0.1, 0.15) is 0 Å². The molecule has 78 valence electrons. The highest BCUT2D eigenvalue weighted by Crippen LogP contribution is 2.35. The summed E-state index contributed by atoms with van der Waals surface area (Å²) in [6.07, 6.45) is 1.43. The summed E-state index contributed by atoms with van der Waals surface area (Å²) in [5.74, 6) is 0.0530. The van der Waals surface area contributed by atoms with Crippen LogP contribution < -0.4 is 5.32 Å². The van der Waals surface area contributed by atoms with E-state index in [1.165, 1.54) is 4.90 Å². The van der Waals surface area contributed by atoms with E-state index >= 15 is 0 Å². The van der Waals surface area contributed by atoms with Crippen LogP contribution in [-0.4, -0.2) is 41.6 Å². The first-order valence-electron chi connectivity index (χ1n) is 4.86. The van der Waals surface area contributed by atoms with Crippen LogP contribution >= 0.6 is 0 Å². The molecule has 2 N–H and O–H groups in total. The highest BCUT2D eigenvalue weighted by molar-refractivity contribution is 5.79. The number of carbonyl (C=O) groups is 2. The number of piperidine rings is 1. The largest absolute Gasteiger partial charge is 0.465 e. The number of likely N-dealkylation sites (tertiary alicyclic amines) is 1. The summed E-state index contributed by atoms with van der Waals surface area (Å²) in [5.41, 5.74) is -0.117. The van der Waals surface area contributed by atoms with E-state index in [9.17, 15) is 9.59 Å². The third-order valence-electron chi connectivity index (χ3n) is 3.13. The number of nitrogens with zero attached hydrogens (tertiary/aromatic N) is 1. The van der Waals surface area contributed by atoms with E-state index in [1.54, 1.807) is 0 Å². The van der Waals surface area contributed by atoms with Gasteiger partial charge in [0.05, 0.1) is 0 Å². The van der Waals surface area contributed by atoms with Crippen LogP contribution in [0, 0.1) is 5.41 Å². The first-order valence-corrected chi connectivity index (χ1v) is 4.86. The van der Waals surface area contributed by atoms with Crippen molar-refractivity contribution in [1.29, 1.82) is 0 Å². The number of carbonyl (C=O) groups excluding carboxylic acids is 1. The van der Waals surface area contributed by atoms with Crippen molar-refractivity contribution in [3.63, 3.8) is 0 Å². The zero-order valence-electron chi connectivity index (χ0n) is 7.95. The Kier molecular flexibility index (Phi) is 2.09. The van der Waals surface area contributed by atoms with E-state index in [4.69, 9.17) is 5.11 Å². The quantitative estimate of drug-likeness (QED) is 0.587. The van der Waals surface area contributed by atoms with Crippen LogP contribution in [0.4, 0.5) is 4.79 Å². The molecule has 0 aliphatic carbocycles. The maximum absolute atomic E-state index is 11.1. The van der Waals surface area contributed by atoms with Gasteiger partial charge in [-0.05, 0) is 12.8 Å². The van der Waals surface area contributed by atoms with Crippen molar-refractivity contribution in [3.8, 4) is 0 Å². The van der Waals surface area contributed by atoms with Gasteiger partial charge in [-0.15, -0.1) is 0 Å². The fourth-order valence-electron chi connectivity index (χ4n) is 2.41. The molecule has 1 unspecified atom stereocenters. The fourth-order valence-corrected chi connectivity index (χ4v) is 2.41. The minimum Gasteiger partial charge on any atom is -0.465 e. The molecule has 2 aliphatic heterocycles. The van der Waals surface area contributed by atoms with E-state index in [2.05, 4.69) is 5.32 Å². The van der Waals surface area contributed by atoms with Gasteiger partial charge in [0, 0.05) is 31.5 Å². The number of nitrogens with one attached hydrogen (secondary N) is 1. The topological polar surface area (TPSA) is 69.6 Å². The molecule has 0 saturated carbocycles. The van der Waals surface area contributed by atoms with E-state index in [0.717, 1.165) is 12.8 Å². The Morgan fingerprint density at radius 2 is 2.36 bits per heavy atom. The molecule has 1 atom stereocenters. The summed E-state index contributed by atoms with van der Waals surface area (Å²) in [7, 11) is 0. The monoisotopic (exact) mass is 198 g/mol. The second-order valence-electron chi connectivity index (χ2n) is 4.26. The van der Waals surface area contributed by atoms with Crippen LogP contribution in [-0.2, 0) is 4.79 Å². The van der Waals surface area contributed by atoms with E-state index in [-0.39, 0.29) is 11.3 Å². The molecular formula is C9H14N2O3. The second-order valence-corrected chi connectivity index (χ2v) is 4.26. The lowest BCUT2D eigenvalue weighted by molar-refractivity contribution is -0.119. The van der Waals surface area contributed by atoms with Crippen molar-refractivity contribution in [3.05, 3.63) is 0 Å². The molecule has 0 radical (unpaired) electrons. The van der Waals surface area contributed by atoms with Crippen molar-refractivity contribution in [2.75, 3.05) is 19.6 Å². The van der Waals surface area contributed by atoms with Gasteiger partial charge in [0.15, 0.2) is 0 Å². The highest BCUT2D eigenvalue weighted by Gasteiger charge is 2.42. The molecule has 0 aromatic heterocycles. The van der Waals surface area contributed by atoms with Crippen LogP contribution in [0.1, 0.15) is 19.3 Å². The fraction of sp³-hybridized carbons (Fsp3) is 0.778. The Balaban J connectivity index is 2.06. The summed E-state index contributed by atoms with van der Waals surface area (Å²) >= 11 is 0. The molecule has 5 heteroatoms. The van der Waals surface area contributed by atoms with Gasteiger partial charge in [-0.2, -0.15) is 0 Å². The summed E-state index contributed by atoms with van der Waals surface area (Å²) in [5, 5.41) is 11.6. The average Bonchev–Trinajstić information content (AvgIpc) is 2.47. The molecule has 14 heavy (non-hydrogen) atoms. The maximum atomic E-state index is 11.1. The summed E-state index contributed by atoms with van der Waals surface area (Å²) < 4.78 is 0. The third-order valence-corrected chi connectivity index (χ3v) is 3.13. The van der Waals surface area contributed by atoms with Crippen LogP contribution in [0.3, 0.4) is 0 Å². The van der Waals surface area contributed by atoms with Crippen LogP contribution in [0.5, 0.6) is 0 Å². The predicted octanol–water partition coefficient (Wildman–Crippen LogP) is 0.266. The van der Waals surface area contributed by atoms with Gasteiger partial charge in [-0.3, -0.25) is 4.79 Å². The Morgan fingerprint density at radius 3 is 2.93 bits per heavy atom. The van der Waals surface area contributed by atoms with Crippen LogP contribution in [0.15, 0.2) is 0 Å². The zero-order valence-corrected chi connectivity index (χ0v) is 7.95. The van der Waals surface area contributed by atoms with Gasteiger partial charge in [0.2, 0.25) is 5.91 Å². The smallest absolute Gasteiger partial charge is 0.407 e. The van der Waals surface area contributed by atoms with Gasteiger partial charge < -0.3 is 15.3 Å². The molecular weight excluding hydrogens is 184 g/mol. The molecule has 1 spiro atoms. The molecule has 2 heterocycles. The molecule has 5 nitrogen and oxygen atoms in total. The lowest BCUT2D eigenvalue weighted by Gasteiger charge is -2.37. The number of hydrogen-bond donors (Lipinski definition) is 2. The first kappa shape index (κ1) is 9.30. The highest BCUT2D eigenvalue weighted by atomic mass is 16.4. The zero-order chi connectivity index (χ0) is 10.2. The molecule has 0 bridgehead atoms. The average molecular weight is 198 g/mol. The van der Waals surface area contributed by atoms with Crippen LogP contribution in [0.2, 0.25) is 0 Å². The van der Waals surface area contributed by atoms with Crippen molar-refractivity contribution < 1.29 is 14.7 Å².